The first-order valence-corrected chi connectivity index (χ1v) is 9.63. The first kappa shape index (κ1) is 17.2. The lowest BCUT2D eigenvalue weighted by Gasteiger charge is -2.29. The number of ether oxygens (including phenoxy) is 1. The van der Waals surface area contributed by atoms with Gasteiger partial charge in [-0.15, -0.1) is 0 Å². The van der Waals surface area contributed by atoms with Crippen molar-refractivity contribution in [2.24, 2.45) is 0 Å². The van der Waals surface area contributed by atoms with E-state index in [1.165, 1.54) is 18.3 Å². The van der Waals surface area contributed by atoms with E-state index in [0.29, 0.717) is 10.9 Å². The van der Waals surface area contributed by atoms with Crippen molar-refractivity contribution in [2.75, 3.05) is 17.7 Å². The standard InChI is InChI=1S/C15H17N3O4S2/c1-9(20)16-13-7-18(15(2,8-19)22-13)10-4-5-11-12(6-10)23-14(17-11)24(3)21/h4-6,8,13H,7H2,1-3H3,(H,16,20)/t13-,15?,24?/m0/s1. The fraction of sp³-hybridized carbons (Fsp3) is 0.400. The Kier molecular flexibility index (Phi) is 4.52. The zero-order valence-corrected chi connectivity index (χ0v) is 15.1. The van der Waals surface area contributed by atoms with Crippen LogP contribution in [0.1, 0.15) is 13.8 Å². The summed E-state index contributed by atoms with van der Waals surface area (Å²) < 4.78 is 18.7. The van der Waals surface area contributed by atoms with Gasteiger partial charge in [0.05, 0.1) is 16.8 Å². The first-order chi connectivity index (χ1) is 11.3. The number of aromatic nitrogens is 1. The molecular formula is C15H17N3O4S2. The van der Waals surface area contributed by atoms with Gasteiger partial charge in [-0.1, -0.05) is 11.3 Å². The molecule has 0 aliphatic carbocycles. The minimum Gasteiger partial charge on any atom is -0.610 e. The van der Waals surface area contributed by atoms with Crippen LogP contribution < -0.4 is 10.2 Å². The minimum absolute atomic E-state index is 0.219. The highest BCUT2D eigenvalue weighted by Gasteiger charge is 2.43. The summed E-state index contributed by atoms with van der Waals surface area (Å²) in [6, 6.07) is 5.56. The summed E-state index contributed by atoms with van der Waals surface area (Å²) in [6.07, 6.45) is 1.75. The molecule has 1 saturated heterocycles. The number of fused-ring (bicyclic) bond motifs is 1. The predicted molar refractivity (Wildman–Crippen MR) is 92.5 cm³/mol. The Morgan fingerprint density at radius 3 is 3.00 bits per heavy atom. The van der Waals surface area contributed by atoms with Crippen molar-refractivity contribution < 1.29 is 18.9 Å². The Hall–Kier alpha value is -1.68. The molecule has 2 heterocycles. The van der Waals surface area contributed by atoms with E-state index in [2.05, 4.69) is 10.3 Å². The Balaban J connectivity index is 1.95. The van der Waals surface area contributed by atoms with E-state index in [9.17, 15) is 14.1 Å². The molecule has 1 N–H and O–H groups in total. The molecule has 1 amide bonds. The van der Waals surface area contributed by atoms with Gasteiger partial charge in [-0.2, -0.15) is 4.98 Å². The lowest BCUT2D eigenvalue weighted by molar-refractivity contribution is -0.133. The van der Waals surface area contributed by atoms with Crippen LogP contribution in [0.2, 0.25) is 0 Å². The summed E-state index contributed by atoms with van der Waals surface area (Å²) in [5, 5.41) is 2.68. The highest BCUT2D eigenvalue weighted by Crippen LogP contribution is 2.34. The zero-order valence-electron chi connectivity index (χ0n) is 13.4. The molecule has 0 radical (unpaired) electrons. The lowest BCUT2D eigenvalue weighted by atomic mass is 10.2. The summed E-state index contributed by atoms with van der Waals surface area (Å²) in [4.78, 5) is 28.9. The maximum atomic E-state index is 11.6. The Bertz CT molecular complexity index is 794. The molecule has 1 fully saturated rings. The molecule has 7 nitrogen and oxygen atoms in total. The molecule has 128 valence electrons. The number of aldehydes is 1. The van der Waals surface area contributed by atoms with E-state index in [1.54, 1.807) is 18.1 Å². The zero-order chi connectivity index (χ0) is 17.5. The maximum absolute atomic E-state index is 11.6. The van der Waals surface area contributed by atoms with Gasteiger partial charge in [-0.3, -0.25) is 9.59 Å². The van der Waals surface area contributed by atoms with Crippen LogP contribution in [0.4, 0.5) is 5.69 Å². The van der Waals surface area contributed by atoms with Gasteiger partial charge in [0.1, 0.15) is 6.26 Å². The fourth-order valence-electron chi connectivity index (χ4n) is 2.67. The van der Waals surface area contributed by atoms with Gasteiger partial charge in [0.15, 0.2) is 18.2 Å². The third kappa shape index (κ3) is 3.12. The molecule has 3 atom stereocenters. The SMILES string of the molecule is CC(=O)N[C@@H]1CN(c2ccc3nc([S+](C)[O-])sc3c2)C(C)(C=O)O1. The average Bonchev–Trinajstić information content (AvgIpc) is 3.07. The van der Waals surface area contributed by atoms with Crippen molar-refractivity contribution in [2.45, 2.75) is 30.1 Å². The number of thiazole rings is 1. The molecule has 1 aromatic carbocycles. The van der Waals surface area contributed by atoms with Gasteiger partial charge < -0.3 is 19.5 Å². The van der Waals surface area contributed by atoms with Crippen LogP contribution in [0, 0.1) is 0 Å². The quantitative estimate of drug-likeness (QED) is 0.645. The summed E-state index contributed by atoms with van der Waals surface area (Å²) in [7, 11) is 0. The van der Waals surface area contributed by atoms with Crippen molar-refractivity contribution >= 4 is 50.6 Å². The van der Waals surface area contributed by atoms with Crippen molar-refractivity contribution in [1.82, 2.24) is 10.3 Å². The monoisotopic (exact) mass is 367 g/mol. The number of hydrogen-bond donors (Lipinski definition) is 1. The molecule has 24 heavy (non-hydrogen) atoms. The van der Waals surface area contributed by atoms with E-state index in [4.69, 9.17) is 4.74 Å². The molecule has 2 aromatic rings. The summed E-state index contributed by atoms with van der Waals surface area (Å²) >= 11 is 0.227. The molecule has 3 rings (SSSR count). The third-order valence-corrected chi connectivity index (χ3v) is 6.11. The Morgan fingerprint density at radius 1 is 1.62 bits per heavy atom. The van der Waals surface area contributed by atoms with Crippen molar-refractivity contribution in [1.29, 1.82) is 0 Å². The number of rotatable bonds is 4. The molecule has 0 saturated carbocycles. The average molecular weight is 367 g/mol. The van der Waals surface area contributed by atoms with Crippen LogP contribution in [0.15, 0.2) is 22.5 Å². The third-order valence-electron chi connectivity index (χ3n) is 3.76. The van der Waals surface area contributed by atoms with Crippen LogP contribution in [-0.4, -0.2) is 46.5 Å². The first-order valence-electron chi connectivity index (χ1n) is 7.25. The van der Waals surface area contributed by atoms with Crippen LogP contribution in [-0.2, 0) is 25.5 Å². The number of anilines is 1. The van der Waals surface area contributed by atoms with Gasteiger partial charge in [0, 0.05) is 23.8 Å². The van der Waals surface area contributed by atoms with Crippen LogP contribution in [0.25, 0.3) is 10.2 Å². The van der Waals surface area contributed by atoms with E-state index in [0.717, 1.165) is 22.2 Å². The predicted octanol–water partition coefficient (Wildman–Crippen LogP) is 1.25. The molecule has 1 aliphatic heterocycles. The second-order valence-corrected chi connectivity index (χ2v) is 8.26. The van der Waals surface area contributed by atoms with Crippen molar-refractivity contribution in [3.63, 3.8) is 0 Å². The molecular weight excluding hydrogens is 350 g/mol. The van der Waals surface area contributed by atoms with Crippen molar-refractivity contribution in [3.8, 4) is 0 Å². The lowest BCUT2D eigenvalue weighted by Crippen LogP contribution is -2.43. The smallest absolute Gasteiger partial charge is 0.302 e. The number of benzene rings is 1. The highest BCUT2D eigenvalue weighted by molar-refractivity contribution is 7.92. The second kappa shape index (κ2) is 6.32. The number of hydrogen-bond acceptors (Lipinski definition) is 7. The van der Waals surface area contributed by atoms with E-state index >= 15 is 0 Å². The largest absolute Gasteiger partial charge is 0.610 e. The molecule has 9 heteroatoms. The molecule has 2 unspecified atom stereocenters. The van der Waals surface area contributed by atoms with Crippen LogP contribution >= 0.6 is 11.3 Å². The topological polar surface area (TPSA) is 94.6 Å². The van der Waals surface area contributed by atoms with E-state index in [1.807, 2.05) is 18.2 Å². The van der Waals surface area contributed by atoms with E-state index < -0.39 is 23.1 Å². The Morgan fingerprint density at radius 2 is 2.38 bits per heavy atom. The van der Waals surface area contributed by atoms with Crippen LogP contribution in [0.5, 0.6) is 0 Å². The van der Waals surface area contributed by atoms with Gasteiger partial charge >= 0.3 is 4.34 Å². The van der Waals surface area contributed by atoms with Gasteiger partial charge in [0.25, 0.3) is 0 Å². The number of nitrogens with zero attached hydrogens (tertiary/aromatic N) is 2. The van der Waals surface area contributed by atoms with Gasteiger partial charge in [-0.05, 0) is 25.1 Å². The normalized spacial score (nSPS) is 25.0. The molecule has 0 spiro atoms. The number of amides is 1. The summed E-state index contributed by atoms with van der Waals surface area (Å²) in [5.74, 6) is -0.219. The Labute approximate surface area is 146 Å². The maximum Gasteiger partial charge on any atom is 0.302 e. The summed E-state index contributed by atoms with van der Waals surface area (Å²) in [5.41, 5.74) is 0.379. The van der Waals surface area contributed by atoms with Crippen LogP contribution in [0.3, 0.4) is 0 Å². The number of carbonyl (C=O) groups excluding carboxylic acids is 2. The molecule has 0 bridgehead atoms. The number of nitrogens with one attached hydrogen (secondary N) is 1. The summed E-state index contributed by atoms with van der Waals surface area (Å²) in [6.45, 7) is 3.41. The fourth-order valence-corrected chi connectivity index (χ4v) is 4.37. The number of carbonyl (C=O) groups is 2. The molecule has 1 aromatic heterocycles. The van der Waals surface area contributed by atoms with E-state index in [-0.39, 0.29) is 5.91 Å². The minimum atomic E-state index is -1.16. The van der Waals surface area contributed by atoms with Crippen molar-refractivity contribution in [3.05, 3.63) is 18.2 Å². The highest BCUT2D eigenvalue weighted by atomic mass is 32.2. The second-order valence-electron chi connectivity index (χ2n) is 5.68. The van der Waals surface area contributed by atoms with Gasteiger partial charge in [0.2, 0.25) is 5.91 Å². The molecule has 1 aliphatic rings. The van der Waals surface area contributed by atoms with Gasteiger partial charge in [-0.25, -0.2) is 0 Å².